The zero-order valence-corrected chi connectivity index (χ0v) is 14.0. The third kappa shape index (κ3) is 8.69. The summed E-state index contributed by atoms with van der Waals surface area (Å²) < 4.78 is 0. The molecule has 1 saturated heterocycles. The largest absolute Gasteiger partial charge is 0.340 e. The fourth-order valence-electron chi connectivity index (χ4n) is 2.27. The molecule has 19 heavy (non-hydrogen) atoms. The van der Waals surface area contributed by atoms with Crippen molar-refractivity contribution in [2.24, 2.45) is 5.92 Å². The van der Waals surface area contributed by atoms with E-state index in [0.717, 1.165) is 45.7 Å². The lowest BCUT2D eigenvalue weighted by molar-refractivity contribution is -0.133. The van der Waals surface area contributed by atoms with E-state index in [1.807, 2.05) is 11.9 Å². The number of halogens is 2. The molecule has 1 N–H and O–H groups in total. The van der Waals surface area contributed by atoms with Gasteiger partial charge in [-0.2, -0.15) is 0 Å². The van der Waals surface area contributed by atoms with E-state index in [1.165, 1.54) is 0 Å². The Morgan fingerprint density at radius 3 is 2.21 bits per heavy atom. The minimum atomic E-state index is 0. The second-order valence-electron chi connectivity index (χ2n) is 5.28. The highest BCUT2D eigenvalue weighted by molar-refractivity contribution is 5.85. The van der Waals surface area contributed by atoms with Gasteiger partial charge in [-0.3, -0.25) is 9.69 Å². The van der Waals surface area contributed by atoms with Gasteiger partial charge >= 0.3 is 0 Å². The van der Waals surface area contributed by atoms with Gasteiger partial charge in [0.15, 0.2) is 0 Å². The first kappa shape index (κ1) is 21.3. The molecule has 116 valence electrons. The predicted octanol–water partition coefficient (Wildman–Crippen LogP) is 1.63. The Morgan fingerprint density at radius 1 is 1.16 bits per heavy atom. The Morgan fingerprint density at radius 2 is 1.74 bits per heavy atom. The lowest BCUT2D eigenvalue weighted by Gasteiger charge is -2.35. The van der Waals surface area contributed by atoms with Crippen molar-refractivity contribution < 1.29 is 4.79 Å². The summed E-state index contributed by atoms with van der Waals surface area (Å²) in [4.78, 5) is 16.4. The maximum absolute atomic E-state index is 11.9. The lowest BCUT2D eigenvalue weighted by Crippen LogP contribution is -2.49. The van der Waals surface area contributed by atoms with E-state index in [4.69, 9.17) is 0 Å². The van der Waals surface area contributed by atoms with E-state index in [9.17, 15) is 4.79 Å². The van der Waals surface area contributed by atoms with Crippen molar-refractivity contribution in [2.45, 2.75) is 26.7 Å². The van der Waals surface area contributed by atoms with Gasteiger partial charge in [0.2, 0.25) is 5.91 Å². The van der Waals surface area contributed by atoms with Crippen LogP contribution in [0.25, 0.3) is 0 Å². The summed E-state index contributed by atoms with van der Waals surface area (Å²) in [5.41, 5.74) is 0. The highest BCUT2D eigenvalue weighted by Gasteiger charge is 2.20. The molecule has 4 nitrogen and oxygen atoms in total. The number of amides is 1. The maximum Gasteiger partial charge on any atom is 0.222 e. The van der Waals surface area contributed by atoms with Crippen molar-refractivity contribution in [1.82, 2.24) is 15.1 Å². The number of carbonyl (C=O) groups is 1. The summed E-state index contributed by atoms with van der Waals surface area (Å²) in [6.07, 6.45) is 1.63. The Bertz CT molecular complexity index is 232. The van der Waals surface area contributed by atoms with E-state index in [-0.39, 0.29) is 24.8 Å². The van der Waals surface area contributed by atoms with Crippen molar-refractivity contribution in [3.63, 3.8) is 0 Å². The molecule has 0 spiro atoms. The lowest BCUT2D eigenvalue weighted by atomic mass is 10.2. The first-order valence-corrected chi connectivity index (χ1v) is 6.78. The number of carbonyl (C=O) groups excluding carboxylic acids is 1. The fraction of sp³-hybridized carbons (Fsp3) is 0.923. The average Bonchev–Trinajstić information content (AvgIpc) is 2.29. The number of nitrogens with zero attached hydrogens (tertiary/aromatic N) is 2. The van der Waals surface area contributed by atoms with Crippen LogP contribution in [0.15, 0.2) is 0 Å². The average molecular weight is 314 g/mol. The summed E-state index contributed by atoms with van der Waals surface area (Å²) in [5, 5.41) is 3.08. The van der Waals surface area contributed by atoms with E-state index in [0.29, 0.717) is 18.2 Å². The molecule has 0 radical (unpaired) electrons. The van der Waals surface area contributed by atoms with E-state index >= 15 is 0 Å². The molecule has 0 atom stereocenters. The zero-order chi connectivity index (χ0) is 12.7. The van der Waals surface area contributed by atoms with Gasteiger partial charge in [-0.05, 0) is 25.9 Å². The first-order valence-electron chi connectivity index (χ1n) is 6.78. The zero-order valence-electron chi connectivity index (χ0n) is 12.4. The standard InChI is InChI=1S/C13H27N3O.2ClH/c1-12(2)11-15-7-9-16(10-8-15)13(17)5-4-6-14-3;;/h12,14H,4-11H2,1-3H3;2*1H. The van der Waals surface area contributed by atoms with E-state index in [2.05, 4.69) is 24.1 Å². The molecule has 1 amide bonds. The van der Waals surface area contributed by atoms with Gasteiger partial charge in [0.05, 0.1) is 0 Å². The molecule has 1 aliphatic rings. The molecule has 0 unspecified atom stereocenters. The summed E-state index contributed by atoms with van der Waals surface area (Å²) in [5.74, 6) is 1.04. The second-order valence-corrected chi connectivity index (χ2v) is 5.28. The van der Waals surface area contributed by atoms with Gasteiger partial charge in [0.25, 0.3) is 0 Å². The van der Waals surface area contributed by atoms with Crippen LogP contribution in [0.2, 0.25) is 0 Å². The molecule has 0 saturated carbocycles. The van der Waals surface area contributed by atoms with Gasteiger partial charge < -0.3 is 10.2 Å². The van der Waals surface area contributed by atoms with Crippen molar-refractivity contribution in [2.75, 3.05) is 46.3 Å². The maximum atomic E-state index is 11.9. The van der Waals surface area contributed by atoms with Crippen molar-refractivity contribution in [1.29, 1.82) is 0 Å². The number of nitrogens with one attached hydrogen (secondary N) is 1. The molecule has 1 aliphatic heterocycles. The summed E-state index contributed by atoms with van der Waals surface area (Å²) >= 11 is 0. The Kier molecular flexibility index (Phi) is 13.2. The third-order valence-corrected chi connectivity index (χ3v) is 3.17. The van der Waals surface area contributed by atoms with E-state index in [1.54, 1.807) is 0 Å². The minimum absolute atomic E-state index is 0. The molecule has 0 bridgehead atoms. The van der Waals surface area contributed by atoms with Crippen LogP contribution in [0.5, 0.6) is 0 Å². The summed E-state index contributed by atoms with van der Waals surface area (Å²) in [6, 6.07) is 0. The van der Waals surface area contributed by atoms with Gasteiger partial charge in [0.1, 0.15) is 0 Å². The van der Waals surface area contributed by atoms with Crippen LogP contribution in [0.1, 0.15) is 26.7 Å². The Balaban J connectivity index is 0. The van der Waals surface area contributed by atoms with Crippen LogP contribution in [0, 0.1) is 5.92 Å². The molecule has 6 heteroatoms. The molecule has 0 aliphatic carbocycles. The number of hydrogen-bond acceptors (Lipinski definition) is 3. The van der Waals surface area contributed by atoms with Crippen molar-refractivity contribution >= 4 is 30.7 Å². The molecule has 0 aromatic rings. The molecule has 1 rings (SSSR count). The molecule has 0 aromatic heterocycles. The smallest absolute Gasteiger partial charge is 0.222 e. The number of hydrogen-bond donors (Lipinski definition) is 1. The highest BCUT2D eigenvalue weighted by atomic mass is 35.5. The molecule has 0 aromatic carbocycles. The molecule has 1 fully saturated rings. The first-order chi connectivity index (χ1) is 8.13. The van der Waals surface area contributed by atoms with Gasteiger partial charge in [-0.15, -0.1) is 24.8 Å². The molecular formula is C13H29Cl2N3O. The minimum Gasteiger partial charge on any atom is -0.340 e. The van der Waals surface area contributed by atoms with Gasteiger partial charge in [-0.1, -0.05) is 13.8 Å². The second kappa shape index (κ2) is 11.8. The van der Waals surface area contributed by atoms with Crippen LogP contribution in [-0.4, -0.2) is 62.0 Å². The van der Waals surface area contributed by atoms with Crippen LogP contribution in [0.3, 0.4) is 0 Å². The van der Waals surface area contributed by atoms with Crippen molar-refractivity contribution in [3.05, 3.63) is 0 Å². The van der Waals surface area contributed by atoms with Crippen LogP contribution >= 0.6 is 24.8 Å². The monoisotopic (exact) mass is 313 g/mol. The Hall–Kier alpha value is -0.0300. The number of rotatable bonds is 6. The summed E-state index contributed by atoms with van der Waals surface area (Å²) in [7, 11) is 1.93. The number of piperazine rings is 1. The SMILES string of the molecule is CNCCCC(=O)N1CCN(CC(C)C)CC1.Cl.Cl. The van der Waals surface area contributed by atoms with Gasteiger partial charge in [0, 0.05) is 39.1 Å². The molecular weight excluding hydrogens is 285 g/mol. The van der Waals surface area contributed by atoms with E-state index < -0.39 is 0 Å². The molecule has 1 heterocycles. The fourth-order valence-corrected chi connectivity index (χ4v) is 2.27. The van der Waals surface area contributed by atoms with Crippen LogP contribution < -0.4 is 5.32 Å². The Labute approximate surface area is 130 Å². The highest BCUT2D eigenvalue weighted by Crippen LogP contribution is 2.07. The summed E-state index contributed by atoms with van der Waals surface area (Å²) in [6.45, 7) is 10.5. The quantitative estimate of drug-likeness (QED) is 0.757. The van der Waals surface area contributed by atoms with Crippen LogP contribution in [0.4, 0.5) is 0 Å². The normalized spacial score (nSPS) is 15.9. The predicted molar refractivity (Wildman–Crippen MR) is 85.5 cm³/mol. The van der Waals surface area contributed by atoms with Gasteiger partial charge in [-0.25, -0.2) is 0 Å². The van der Waals surface area contributed by atoms with Crippen LogP contribution in [-0.2, 0) is 4.79 Å². The topological polar surface area (TPSA) is 35.6 Å². The van der Waals surface area contributed by atoms with Crippen molar-refractivity contribution in [3.8, 4) is 0 Å². The third-order valence-electron chi connectivity index (χ3n) is 3.17.